The molecule has 1 heterocycles. The quantitative estimate of drug-likeness (QED) is 0.685. The van der Waals surface area contributed by atoms with E-state index in [4.69, 9.17) is 0 Å². The van der Waals surface area contributed by atoms with Gasteiger partial charge in [0.1, 0.15) is 0 Å². The second kappa shape index (κ2) is 6.01. The van der Waals surface area contributed by atoms with Gasteiger partial charge < -0.3 is 5.32 Å². The number of hydrogen-bond acceptors (Lipinski definition) is 3. The van der Waals surface area contributed by atoms with E-state index in [1.165, 1.54) is 0 Å². The number of nitrogens with one attached hydrogen (secondary N) is 1. The van der Waals surface area contributed by atoms with Crippen molar-refractivity contribution < 1.29 is 18.4 Å². The monoisotopic (exact) mass is 276 g/mol. The van der Waals surface area contributed by atoms with E-state index in [-0.39, 0.29) is 12.1 Å². The van der Waals surface area contributed by atoms with E-state index >= 15 is 0 Å². The van der Waals surface area contributed by atoms with Crippen LogP contribution in [0.1, 0.15) is 15.9 Å². The van der Waals surface area contributed by atoms with Crippen LogP contribution in [0.2, 0.25) is 0 Å². The van der Waals surface area contributed by atoms with E-state index in [2.05, 4.69) is 10.3 Å². The normalized spacial score (nSPS) is 10.1. The van der Waals surface area contributed by atoms with Crippen molar-refractivity contribution in [2.45, 2.75) is 6.54 Å². The van der Waals surface area contributed by atoms with Gasteiger partial charge in [0.25, 0.3) is 5.91 Å². The number of ketones is 1. The number of benzene rings is 1. The van der Waals surface area contributed by atoms with Crippen LogP contribution in [0, 0.1) is 11.6 Å². The lowest BCUT2D eigenvalue weighted by Crippen LogP contribution is -2.30. The van der Waals surface area contributed by atoms with E-state index in [1.807, 2.05) is 0 Å². The van der Waals surface area contributed by atoms with Crippen molar-refractivity contribution in [3.8, 4) is 0 Å². The summed E-state index contributed by atoms with van der Waals surface area (Å²) >= 11 is 0. The molecule has 1 aromatic heterocycles. The Hall–Kier alpha value is -2.63. The zero-order valence-corrected chi connectivity index (χ0v) is 10.3. The largest absolute Gasteiger partial charge is 0.345 e. The Bertz CT molecular complexity index is 645. The molecule has 1 amide bonds. The molecule has 0 bridgehead atoms. The summed E-state index contributed by atoms with van der Waals surface area (Å²) in [6.07, 6.45) is 3.11. The van der Waals surface area contributed by atoms with Crippen LogP contribution in [0.5, 0.6) is 0 Å². The SMILES string of the molecule is O=C(NCc1ccncc1)C(=O)c1ccc(F)c(F)c1. The van der Waals surface area contributed by atoms with Crippen LogP contribution in [-0.4, -0.2) is 16.7 Å². The lowest BCUT2D eigenvalue weighted by molar-refractivity contribution is -0.117. The molecule has 102 valence electrons. The summed E-state index contributed by atoms with van der Waals surface area (Å²) in [7, 11) is 0. The standard InChI is InChI=1S/C14H10F2N2O2/c15-11-2-1-10(7-12(11)16)13(19)14(20)18-8-9-3-5-17-6-4-9/h1-7H,8H2,(H,18,20). The van der Waals surface area contributed by atoms with Crippen LogP contribution in [0.3, 0.4) is 0 Å². The molecule has 20 heavy (non-hydrogen) atoms. The molecule has 0 fully saturated rings. The molecule has 1 aromatic carbocycles. The number of halogens is 2. The van der Waals surface area contributed by atoms with Crippen molar-refractivity contribution in [2.75, 3.05) is 0 Å². The third kappa shape index (κ3) is 3.23. The highest BCUT2D eigenvalue weighted by Gasteiger charge is 2.17. The molecule has 0 aliphatic carbocycles. The zero-order valence-electron chi connectivity index (χ0n) is 10.3. The Labute approximate surface area is 113 Å². The summed E-state index contributed by atoms with van der Waals surface area (Å²) in [5.41, 5.74) is 0.572. The Kier molecular flexibility index (Phi) is 4.14. The first kappa shape index (κ1) is 13.8. The van der Waals surface area contributed by atoms with Gasteiger partial charge in [-0.05, 0) is 35.9 Å². The molecule has 2 aromatic rings. The summed E-state index contributed by atoms with van der Waals surface area (Å²) in [5, 5.41) is 2.40. The molecule has 0 aliphatic rings. The summed E-state index contributed by atoms with van der Waals surface area (Å²) < 4.78 is 25.7. The lowest BCUT2D eigenvalue weighted by Gasteiger charge is -2.04. The van der Waals surface area contributed by atoms with E-state index in [1.54, 1.807) is 24.5 Å². The number of carbonyl (C=O) groups is 2. The van der Waals surface area contributed by atoms with Crippen LogP contribution in [0.15, 0.2) is 42.7 Å². The summed E-state index contributed by atoms with van der Waals surface area (Å²) in [6.45, 7) is 0.150. The number of rotatable bonds is 4. The fraction of sp³-hybridized carbons (Fsp3) is 0.0714. The number of hydrogen-bond donors (Lipinski definition) is 1. The molecule has 0 saturated carbocycles. The van der Waals surface area contributed by atoms with Gasteiger partial charge in [-0.1, -0.05) is 0 Å². The Balaban J connectivity index is 2.02. The maximum Gasteiger partial charge on any atom is 0.292 e. The molecule has 0 spiro atoms. The molecule has 0 aliphatic heterocycles. The minimum Gasteiger partial charge on any atom is -0.345 e. The highest BCUT2D eigenvalue weighted by atomic mass is 19.2. The van der Waals surface area contributed by atoms with Gasteiger partial charge >= 0.3 is 0 Å². The average Bonchev–Trinajstić information content (AvgIpc) is 2.48. The van der Waals surface area contributed by atoms with Gasteiger partial charge in [-0.25, -0.2) is 8.78 Å². The van der Waals surface area contributed by atoms with Crippen molar-refractivity contribution in [1.82, 2.24) is 10.3 Å². The fourth-order valence-corrected chi connectivity index (χ4v) is 1.53. The number of carbonyl (C=O) groups excluding carboxylic acids is 2. The van der Waals surface area contributed by atoms with Crippen LogP contribution in [0.4, 0.5) is 8.78 Å². The maximum atomic E-state index is 13.0. The smallest absolute Gasteiger partial charge is 0.292 e. The summed E-state index contributed by atoms with van der Waals surface area (Å²) in [6, 6.07) is 5.93. The van der Waals surface area contributed by atoms with Gasteiger partial charge in [-0.2, -0.15) is 0 Å². The Morgan fingerprint density at radius 2 is 1.75 bits per heavy atom. The molecular formula is C14H10F2N2O2. The van der Waals surface area contributed by atoms with E-state index in [9.17, 15) is 18.4 Å². The first-order chi connectivity index (χ1) is 9.58. The van der Waals surface area contributed by atoms with Crippen LogP contribution in [-0.2, 0) is 11.3 Å². The van der Waals surface area contributed by atoms with Gasteiger partial charge in [0.2, 0.25) is 5.78 Å². The summed E-state index contributed by atoms with van der Waals surface area (Å²) in [5.74, 6) is -4.04. The van der Waals surface area contributed by atoms with Crippen molar-refractivity contribution in [3.63, 3.8) is 0 Å². The predicted molar refractivity (Wildman–Crippen MR) is 66.8 cm³/mol. The van der Waals surface area contributed by atoms with Crippen molar-refractivity contribution in [3.05, 3.63) is 65.5 Å². The second-order valence-electron chi connectivity index (χ2n) is 4.00. The van der Waals surface area contributed by atoms with Gasteiger partial charge in [0.05, 0.1) is 0 Å². The molecule has 2 rings (SSSR count). The first-order valence-corrected chi connectivity index (χ1v) is 5.74. The number of Topliss-reactive ketones (excluding diaryl/α,β-unsaturated/α-hetero) is 1. The molecule has 6 heteroatoms. The molecular weight excluding hydrogens is 266 g/mol. The predicted octanol–water partition coefficient (Wildman–Crippen LogP) is 1.86. The van der Waals surface area contributed by atoms with Gasteiger partial charge in [-0.15, -0.1) is 0 Å². The van der Waals surface area contributed by atoms with Crippen LogP contribution < -0.4 is 5.32 Å². The highest BCUT2D eigenvalue weighted by molar-refractivity contribution is 6.42. The number of aromatic nitrogens is 1. The minimum absolute atomic E-state index is 0.150. The molecule has 0 saturated heterocycles. The molecule has 1 N–H and O–H groups in total. The molecule has 0 atom stereocenters. The van der Waals surface area contributed by atoms with Crippen molar-refractivity contribution >= 4 is 11.7 Å². The average molecular weight is 276 g/mol. The molecule has 0 radical (unpaired) electrons. The van der Waals surface area contributed by atoms with E-state index in [0.29, 0.717) is 6.07 Å². The van der Waals surface area contributed by atoms with Crippen LogP contribution in [0.25, 0.3) is 0 Å². The molecule has 0 unspecified atom stereocenters. The maximum absolute atomic E-state index is 13.0. The zero-order chi connectivity index (χ0) is 14.5. The number of amides is 1. The first-order valence-electron chi connectivity index (χ1n) is 5.74. The number of nitrogens with zero attached hydrogens (tertiary/aromatic N) is 1. The van der Waals surface area contributed by atoms with Crippen molar-refractivity contribution in [2.24, 2.45) is 0 Å². The van der Waals surface area contributed by atoms with Crippen LogP contribution >= 0.6 is 0 Å². The topological polar surface area (TPSA) is 59.1 Å². The summed E-state index contributed by atoms with van der Waals surface area (Å²) in [4.78, 5) is 27.2. The third-order valence-electron chi connectivity index (χ3n) is 2.59. The minimum atomic E-state index is -1.17. The third-order valence-corrected chi connectivity index (χ3v) is 2.59. The fourth-order valence-electron chi connectivity index (χ4n) is 1.53. The Morgan fingerprint density at radius 1 is 1.05 bits per heavy atom. The Morgan fingerprint density at radius 3 is 2.40 bits per heavy atom. The van der Waals surface area contributed by atoms with Gasteiger partial charge in [0.15, 0.2) is 11.6 Å². The second-order valence-corrected chi connectivity index (χ2v) is 4.00. The van der Waals surface area contributed by atoms with Gasteiger partial charge in [-0.3, -0.25) is 14.6 Å². The van der Waals surface area contributed by atoms with E-state index < -0.39 is 23.3 Å². The highest BCUT2D eigenvalue weighted by Crippen LogP contribution is 2.09. The number of pyridine rings is 1. The van der Waals surface area contributed by atoms with E-state index in [0.717, 1.165) is 17.7 Å². The molecule has 4 nitrogen and oxygen atoms in total. The van der Waals surface area contributed by atoms with Gasteiger partial charge in [0, 0.05) is 24.5 Å². The lowest BCUT2D eigenvalue weighted by atomic mass is 10.1. The van der Waals surface area contributed by atoms with Crippen molar-refractivity contribution in [1.29, 1.82) is 0 Å².